The fraction of sp³-hybridized carbons (Fsp3) is 0.714. The monoisotopic (exact) mass is 263 g/mol. The highest BCUT2D eigenvalue weighted by Crippen LogP contribution is 2.19. The van der Waals surface area contributed by atoms with Crippen LogP contribution in [-0.4, -0.2) is 48.1 Å². The van der Waals surface area contributed by atoms with E-state index in [2.05, 4.69) is 32.4 Å². The summed E-state index contributed by atoms with van der Waals surface area (Å²) < 4.78 is 0. The van der Waals surface area contributed by atoms with Crippen molar-refractivity contribution in [1.29, 1.82) is 0 Å². The van der Waals surface area contributed by atoms with Crippen LogP contribution in [0.25, 0.3) is 0 Å². The topological polar surface area (TPSA) is 53.1 Å². The lowest BCUT2D eigenvalue weighted by Crippen LogP contribution is -2.33. The van der Waals surface area contributed by atoms with E-state index in [1.165, 1.54) is 32.4 Å². The molecule has 0 radical (unpaired) electrons. The van der Waals surface area contributed by atoms with E-state index in [0.29, 0.717) is 0 Å². The lowest BCUT2D eigenvalue weighted by molar-refractivity contribution is 0.237. The van der Waals surface area contributed by atoms with Crippen molar-refractivity contribution >= 4 is 11.6 Å². The summed E-state index contributed by atoms with van der Waals surface area (Å²) in [7, 11) is 1.90. The zero-order chi connectivity index (χ0) is 13.7. The first-order valence-corrected chi connectivity index (χ1v) is 7.20. The third kappa shape index (κ3) is 3.80. The Labute approximate surface area is 115 Å². The fourth-order valence-electron chi connectivity index (χ4n) is 2.56. The second kappa shape index (κ2) is 6.70. The summed E-state index contributed by atoms with van der Waals surface area (Å²) in [4.78, 5) is 11.4. The SMILES string of the molecule is CNc1nc(C)nc(NCCN2CCCCC2)c1C. The highest BCUT2D eigenvalue weighted by Gasteiger charge is 2.11. The summed E-state index contributed by atoms with van der Waals surface area (Å²) in [5, 5.41) is 6.56. The van der Waals surface area contributed by atoms with Crippen molar-refractivity contribution in [3.8, 4) is 0 Å². The van der Waals surface area contributed by atoms with E-state index >= 15 is 0 Å². The number of likely N-dealkylation sites (tertiary alicyclic amines) is 1. The first-order chi connectivity index (χ1) is 9.20. The molecule has 0 saturated carbocycles. The number of aromatic nitrogens is 2. The van der Waals surface area contributed by atoms with Gasteiger partial charge >= 0.3 is 0 Å². The van der Waals surface area contributed by atoms with E-state index in [4.69, 9.17) is 0 Å². The van der Waals surface area contributed by atoms with Crippen LogP contribution in [0.2, 0.25) is 0 Å². The molecule has 5 nitrogen and oxygen atoms in total. The van der Waals surface area contributed by atoms with Crippen LogP contribution in [0.4, 0.5) is 11.6 Å². The molecule has 0 atom stereocenters. The standard InChI is InChI=1S/C14H25N5/c1-11-13(15-3)17-12(2)18-14(11)16-7-10-19-8-5-4-6-9-19/h4-10H2,1-3H3,(H2,15,16,17,18). The fourth-order valence-corrected chi connectivity index (χ4v) is 2.56. The molecule has 0 amide bonds. The molecule has 2 heterocycles. The van der Waals surface area contributed by atoms with Gasteiger partial charge in [-0.15, -0.1) is 0 Å². The van der Waals surface area contributed by atoms with Crippen LogP contribution in [0.1, 0.15) is 30.7 Å². The van der Waals surface area contributed by atoms with Crippen molar-refractivity contribution in [3.05, 3.63) is 11.4 Å². The molecule has 1 aliphatic heterocycles. The van der Waals surface area contributed by atoms with Crippen molar-refractivity contribution in [2.45, 2.75) is 33.1 Å². The number of hydrogen-bond acceptors (Lipinski definition) is 5. The lowest BCUT2D eigenvalue weighted by atomic mass is 10.1. The third-order valence-electron chi connectivity index (χ3n) is 3.66. The van der Waals surface area contributed by atoms with Crippen LogP contribution in [-0.2, 0) is 0 Å². The summed E-state index contributed by atoms with van der Waals surface area (Å²) in [5.41, 5.74) is 1.09. The van der Waals surface area contributed by atoms with Crippen LogP contribution in [0, 0.1) is 13.8 Å². The Morgan fingerprint density at radius 2 is 1.74 bits per heavy atom. The molecule has 0 aromatic carbocycles. The molecule has 0 spiro atoms. The number of nitrogens with zero attached hydrogens (tertiary/aromatic N) is 3. The van der Waals surface area contributed by atoms with Crippen LogP contribution in [0.3, 0.4) is 0 Å². The molecule has 0 unspecified atom stereocenters. The average Bonchev–Trinajstić information content (AvgIpc) is 2.43. The van der Waals surface area contributed by atoms with Gasteiger partial charge in [-0.2, -0.15) is 0 Å². The Kier molecular flexibility index (Phi) is 4.96. The van der Waals surface area contributed by atoms with Gasteiger partial charge in [0, 0.05) is 25.7 Å². The zero-order valence-corrected chi connectivity index (χ0v) is 12.3. The van der Waals surface area contributed by atoms with E-state index in [1.807, 2.05) is 14.0 Å². The van der Waals surface area contributed by atoms with Gasteiger partial charge in [-0.1, -0.05) is 6.42 Å². The van der Waals surface area contributed by atoms with E-state index < -0.39 is 0 Å². The zero-order valence-electron chi connectivity index (χ0n) is 12.3. The molecule has 19 heavy (non-hydrogen) atoms. The maximum Gasteiger partial charge on any atom is 0.134 e. The molecule has 1 aliphatic rings. The molecular weight excluding hydrogens is 238 g/mol. The quantitative estimate of drug-likeness (QED) is 0.851. The Balaban J connectivity index is 1.89. The minimum Gasteiger partial charge on any atom is -0.373 e. The Morgan fingerprint density at radius 3 is 2.42 bits per heavy atom. The second-order valence-corrected chi connectivity index (χ2v) is 5.17. The second-order valence-electron chi connectivity index (χ2n) is 5.17. The number of rotatable bonds is 5. The number of aryl methyl sites for hydroxylation is 1. The number of hydrogen-bond donors (Lipinski definition) is 2. The lowest BCUT2D eigenvalue weighted by Gasteiger charge is -2.26. The molecule has 1 aromatic heterocycles. The van der Waals surface area contributed by atoms with Crippen molar-refractivity contribution in [2.24, 2.45) is 0 Å². The Morgan fingerprint density at radius 1 is 1.05 bits per heavy atom. The summed E-state index contributed by atoms with van der Waals surface area (Å²) in [5.74, 6) is 2.66. The van der Waals surface area contributed by atoms with E-state index in [9.17, 15) is 0 Å². The molecular formula is C14H25N5. The highest BCUT2D eigenvalue weighted by atomic mass is 15.2. The van der Waals surface area contributed by atoms with E-state index in [0.717, 1.165) is 36.1 Å². The smallest absolute Gasteiger partial charge is 0.134 e. The van der Waals surface area contributed by atoms with Gasteiger partial charge in [-0.3, -0.25) is 0 Å². The van der Waals surface area contributed by atoms with Crippen LogP contribution in [0.15, 0.2) is 0 Å². The molecule has 2 rings (SSSR count). The molecule has 106 valence electrons. The predicted molar refractivity (Wildman–Crippen MR) is 79.8 cm³/mol. The van der Waals surface area contributed by atoms with Gasteiger partial charge in [-0.05, 0) is 39.8 Å². The molecule has 2 N–H and O–H groups in total. The summed E-state index contributed by atoms with van der Waals surface area (Å²) >= 11 is 0. The molecule has 0 bridgehead atoms. The van der Waals surface area contributed by atoms with Crippen LogP contribution >= 0.6 is 0 Å². The first-order valence-electron chi connectivity index (χ1n) is 7.20. The largest absolute Gasteiger partial charge is 0.373 e. The summed E-state index contributed by atoms with van der Waals surface area (Å²) in [6.45, 7) is 8.50. The summed E-state index contributed by atoms with van der Waals surface area (Å²) in [6.07, 6.45) is 4.07. The van der Waals surface area contributed by atoms with Crippen LogP contribution < -0.4 is 10.6 Å². The number of anilines is 2. The van der Waals surface area contributed by atoms with E-state index in [1.54, 1.807) is 0 Å². The molecule has 1 aromatic rings. The van der Waals surface area contributed by atoms with Crippen molar-refractivity contribution in [3.63, 3.8) is 0 Å². The summed E-state index contributed by atoms with van der Waals surface area (Å²) in [6, 6.07) is 0. The Hall–Kier alpha value is -1.36. The minimum absolute atomic E-state index is 0.801. The minimum atomic E-state index is 0.801. The predicted octanol–water partition coefficient (Wildman–Crippen LogP) is 2.03. The van der Waals surface area contributed by atoms with E-state index in [-0.39, 0.29) is 0 Å². The van der Waals surface area contributed by atoms with Crippen molar-refractivity contribution in [1.82, 2.24) is 14.9 Å². The maximum atomic E-state index is 4.48. The maximum absolute atomic E-state index is 4.48. The number of piperidine rings is 1. The van der Waals surface area contributed by atoms with Gasteiger partial charge in [0.2, 0.25) is 0 Å². The number of nitrogens with one attached hydrogen (secondary N) is 2. The van der Waals surface area contributed by atoms with Crippen molar-refractivity contribution < 1.29 is 0 Å². The molecule has 1 fully saturated rings. The molecule has 5 heteroatoms. The van der Waals surface area contributed by atoms with Gasteiger partial charge in [-0.25, -0.2) is 9.97 Å². The molecule has 0 aliphatic carbocycles. The first kappa shape index (κ1) is 14.1. The highest BCUT2D eigenvalue weighted by molar-refractivity contribution is 5.56. The van der Waals surface area contributed by atoms with Gasteiger partial charge in [0.1, 0.15) is 17.5 Å². The normalized spacial score (nSPS) is 16.4. The van der Waals surface area contributed by atoms with Crippen LogP contribution in [0.5, 0.6) is 0 Å². The van der Waals surface area contributed by atoms with Gasteiger partial charge in [0.05, 0.1) is 0 Å². The van der Waals surface area contributed by atoms with Crippen molar-refractivity contribution in [2.75, 3.05) is 43.9 Å². The molecule has 1 saturated heterocycles. The van der Waals surface area contributed by atoms with Gasteiger partial charge in [0.15, 0.2) is 0 Å². The average molecular weight is 263 g/mol. The van der Waals surface area contributed by atoms with Gasteiger partial charge in [0.25, 0.3) is 0 Å². The van der Waals surface area contributed by atoms with Gasteiger partial charge < -0.3 is 15.5 Å². The third-order valence-corrected chi connectivity index (χ3v) is 3.66. The Bertz CT molecular complexity index is 413.